The number of hydrogen-bond donors (Lipinski definition) is 0. The molecule has 4 nitrogen and oxygen atoms in total. The Hall–Kier alpha value is -1.00. The van der Waals surface area contributed by atoms with Gasteiger partial charge in [0.15, 0.2) is 12.4 Å². The fourth-order valence-electron chi connectivity index (χ4n) is 2.26. The molecule has 1 heterocycles. The molecule has 2 aromatic rings. The van der Waals surface area contributed by atoms with Gasteiger partial charge >= 0.3 is 23.0 Å². The summed E-state index contributed by atoms with van der Waals surface area (Å²) in [6.45, 7) is 0.00220. The van der Waals surface area contributed by atoms with Crippen LogP contribution in [0.15, 0.2) is 28.8 Å². The van der Waals surface area contributed by atoms with Crippen molar-refractivity contribution in [2.24, 2.45) is 0 Å². The Morgan fingerprint density at radius 2 is 1.61 bits per heavy atom. The molecule has 0 bridgehead atoms. The SMILES string of the molecule is O=C(OCc1cc(-c2ccc(Cl)cc2Cl)no1)[C]1[CH][CH][CH][CH]1.[CH]1[CH][CH][CH][CH]1.[Fe+3]. The van der Waals surface area contributed by atoms with Gasteiger partial charge in [0.1, 0.15) is 5.69 Å². The van der Waals surface area contributed by atoms with E-state index in [1.165, 1.54) is 0 Å². The maximum Gasteiger partial charge on any atom is 3.00 e. The first-order chi connectivity index (χ1) is 13.1. The number of benzene rings is 1. The number of hydrogen-bond acceptors (Lipinski definition) is 4. The number of ether oxygens (including phenoxy) is 1. The van der Waals surface area contributed by atoms with Gasteiger partial charge in [0.2, 0.25) is 0 Å². The molecule has 0 amide bonds. The topological polar surface area (TPSA) is 52.3 Å². The van der Waals surface area contributed by atoms with Crippen molar-refractivity contribution in [3.63, 3.8) is 0 Å². The smallest absolute Gasteiger partial charge is 0.457 e. The van der Waals surface area contributed by atoms with E-state index in [1.807, 2.05) is 32.1 Å². The predicted octanol–water partition coefficient (Wildman–Crippen LogP) is 5.12. The zero-order chi connectivity index (χ0) is 19.1. The van der Waals surface area contributed by atoms with Crippen LogP contribution < -0.4 is 0 Å². The van der Waals surface area contributed by atoms with Crippen molar-refractivity contribution >= 4 is 29.2 Å². The van der Waals surface area contributed by atoms with Crippen LogP contribution >= 0.6 is 23.2 Å². The van der Waals surface area contributed by atoms with Gasteiger partial charge in [0.05, 0.1) is 10.9 Å². The van der Waals surface area contributed by atoms with Crippen molar-refractivity contribution < 1.29 is 31.1 Å². The second-order valence-electron chi connectivity index (χ2n) is 5.51. The minimum Gasteiger partial charge on any atom is -0.457 e. The monoisotopic (exact) mass is 455 g/mol. The summed E-state index contributed by atoms with van der Waals surface area (Å²) in [7, 11) is 0. The molecule has 2 aliphatic carbocycles. The van der Waals surface area contributed by atoms with Crippen LogP contribution in [0.4, 0.5) is 0 Å². The number of halogens is 2. The van der Waals surface area contributed by atoms with Crippen LogP contribution in [0.25, 0.3) is 11.3 Å². The molecule has 0 aliphatic heterocycles. The Morgan fingerprint density at radius 1 is 0.964 bits per heavy atom. The molecule has 2 fully saturated rings. The molecule has 0 unspecified atom stereocenters. The summed E-state index contributed by atoms with van der Waals surface area (Å²) in [6.07, 6.45) is 16.9. The minimum atomic E-state index is -0.410. The van der Waals surface area contributed by atoms with E-state index in [0.29, 0.717) is 33.0 Å². The van der Waals surface area contributed by atoms with Crippen LogP contribution in [0.2, 0.25) is 10.0 Å². The van der Waals surface area contributed by atoms with E-state index in [-0.39, 0.29) is 23.7 Å². The summed E-state index contributed by atoms with van der Waals surface area (Å²) < 4.78 is 10.3. The van der Waals surface area contributed by atoms with Gasteiger partial charge in [-0.15, -0.1) is 0 Å². The second kappa shape index (κ2) is 11.9. The number of esters is 1. The van der Waals surface area contributed by atoms with Gasteiger partial charge in [-0.3, -0.25) is 4.79 Å². The van der Waals surface area contributed by atoms with Gasteiger partial charge in [-0.05, 0) is 76.0 Å². The van der Waals surface area contributed by atoms with Gasteiger partial charge in [-0.25, -0.2) is 0 Å². The number of nitrogens with zero attached hydrogens (tertiary/aromatic N) is 1. The summed E-state index contributed by atoms with van der Waals surface area (Å²) >= 11 is 12.0. The average Bonchev–Trinajstić information content (AvgIpc) is 3.44. The molecule has 2 aliphatic rings. The van der Waals surface area contributed by atoms with Crippen molar-refractivity contribution in [2.75, 3.05) is 0 Å². The number of carbonyl (C=O) groups is 1. The molecular formula is C21H15Cl2FeNO3+3. The van der Waals surface area contributed by atoms with Crippen molar-refractivity contribution in [3.8, 4) is 11.3 Å². The largest absolute Gasteiger partial charge is 3.00 e. The number of rotatable bonds is 4. The first kappa shape index (κ1) is 23.3. The Bertz CT molecular complexity index is 748. The van der Waals surface area contributed by atoms with Crippen LogP contribution in [0.3, 0.4) is 0 Å². The Labute approximate surface area is 186 Å². The van der Waals surface area contributed by atoms with Crippen molar-refractivity contribution in [3.05, 3.63) is 104 Å². The molecule has 1 aromatic carbocycles. The second-order valence-corrected chi connectivity index (χ2v) is 6.36. The number of aromatic nitrogens is 1. The fourth-order valence-corrected chi connectivity index (χ4v) is 2.76. The van der Waals surface area contributed by atoms with Crippen molar-refractivity contribution in [2.45, 2.75) is 6.61 Å². The zero-order valence-electron chi connectivity index (χ0n) is 14.5. The minimum absolute atomic E-state index is 0. The van der Waals surface area contributed by atoms with Crippen LogP contribution in [-0.4, -0.2) is 11.1 Å². The van der Waals surface area contributed by atoms with E-state index in [0.717, 1.165) is 0 Å². The maximum absolute atomic E-state index is 11.7. The Balaban J connectivity index is 0.000000408. The predicted molar refractivity (Wildman–Crippen MR) is 104 cm³/mol. The molecule has 0 N–H and O–H groups in total. The molecule has 11 radical (unpaired) electrons. The molecule has 2 saturated carbocycles. The summed E-state index contributed by atoms with van der Waals surface area (Å²) in [5.74, 6) is 0.522. The van der Waals surface area contributed by atoms with Crippen molar-refractivity contribution in [1.82, 2.24) is 5.16 Å². The van der Waals surface area contributed by atoms with E-state index < -0.39 is 5.97 Å². The van der Waals surface area contributed by atoms with E-state index in [4.69, 9.17) is 32.5 Å². The molecule has 0 atom stereocenters. The Morgan fingerprint density at radius 3 is 2.21 bits per heavy atom. The fraction of sp³-hybridized carbons (Fsp3) is 0.0476. The van der Waals surface area contributed by atoms with Crippen LogP contribution in [0, 0.1) is 63.7 Å². The van der Waals surface area contributed by atoms with Gasteiger partial charge in [-0.2, -0.15) is 0 Å². The first-order valence-corrected chi connectivity index (χ1v) is 8.85. The van der Waals surface area contributed by atoms with E-state index in [1.54, 1.807) is 49.9 Å². The Kier molecular flexibility index (Phi) is 9.87. The van der Waals surface area contributed by atoms with Gasteiger partial charge < -0.3 is 9.26 Å². The van der Waals surface area contributed by atoms with E-state index >= 15 is 0 Å². The molecule has 4 rings (SSSR count). The quantitative estimate of drug-likeness (QED) is 0.474. The molecule has 141 valence electrons. The first-order valence-electron chi connectivity index (χ1n) is 8.10. The summed E-state index contributed by atoms with van der Waals surface area (Å²) in [5, 5.41) is 4.94. The molecule has 28 heavy (non-hydrogen) atoms. The van der Waals surface area contributed by atoms with Gasteiger partial charge in [0.25, 0.3) is 0 Å². The average molecular weight is 456 g/mol. The van der Waals surface area contributed by atoms with Gasteiger partial charge in [-0.1, -0.05) is 28.4 Å². The zero-order valence-corrected chi connectivity index (χ0v) is 17.1. The summed E-state index contributed by atoms with van der Waals surface area (Å²) in [5.41, 5.74) is 1.25. The normalized spacial score (nSPS) is 16.2. The third kappa shape index (κ3) is 6.81. The third-order valence-electron chi connectivity index (χ3n) is 3.57. The summed E-state index contributed by atoms with van der Waals surface area (Å²) in [4.78, 5) is 11.7. The van der Waals surface area contributed by atoms with E-state index in [2.05, 4.69) is 5.16 Å². The van der Waals surface area contributed by atoms with Gasteiger partial charge in [0, 0.05) is 16.7 Å². The molecule has 1 aromatic heterocycles. The summed E-state index contributed by atoms with van der Waals surface area (Å²) in [6, 6.07) is 6.77. The van der Waals surface area contributed by atoms with Crippen molar-refractivity contribution in [1.29, 1.82) is 0 Å². The maximum atomic E-state index is 11.7. The molecule has 0 spiro atoms. The number of carbonyl (C=O) groups excluding carboxylic acids is 1. The molecule has 7 heteroatoms. The standard InChI is InChI=1S/C16H10Cl2NO3.C5H5.Fe/c17-11-5-6-13(14(18)7-11)15-8-12(22-19-15)9-21-16(20)10-3-1-2-4-10;1-2-4-5-3-1;/h1-8H,9H2;1-5H;/q;;+3. The van der Waals surface area contributed by atoms with Crippen LogP contribution in [0.5, 0.6) is 0 Å². The van der Waals surface area contributed by atoms with Crippen LogP contribution in [0.1, 0.15) is 5.76 Å². The third-order valence-corrected chi connectivity index (χ3v) is 4.11. The molecular weight excluding hydrogens is 441 g/mol. The van der Waals surface area contributed by atoms with Crippen LogP contribution in [-0.2, 0) is 33.2 Å². The molecule has 0 saturated heterocycles. The van der Waals surface area contributed by atoms with E-state index in [9.17, 15) is 4.79 Å².